The maximum Gasteiger partial charge on any atom is 0.326 e. The minimum absolute atomic E-state index is 0.00599. The summed E-state index contributed by atoms with van der Waals surface area (Å²) in [6.45, 7) is 1.86. The summed E-state index contributed by atoms with van der Waals surface area (Å²) in [7, 11) is 0. The first-order valence-electron chi connectivity index (χ1n) is 6.44. The number of hydrogen-bond donors (Lipinski definition) is 2. The molecule has 7 heteroatoms. The van der Waals surface area contributed by atoms with E-state index >= 15 is 0 Å². The third kappa shape index (κ3) is 4.41. The van der Waals surface area contributed by atoms with Crippen molar-refractivity contribution in [1.29, 1.82) is 0 Å². The maximum absolute atomic E-state index is 11.9. The van der Waals surface area contributed by atoms with E-state index < -0.39 is 12.0 Å². The summed E-state index contributed by atoms with van der Waals surface area (Å²) in [4.78, 5) is 27.0. The Kier molecular flexibility index (Phi) is 4.65. The molecule has 1 unspecified atom stereocenters. The summed E-state index contributed by atoms with van der Waals surface area (Å²) in [5.41, 5.74) is 1.74. The number of rotatable bonds is 6. The van der Waals surface area contributed by atoms with Crippen LogP contribution in [-0.4, -0.2) is 37.8 Å². The SMILES string of the molecule is Cc1cnn(CC(=O)NC(Cc2ccncc2)C(=O)O)c1. The van der Waals surface area contributed by atoms with Gasteiger partial charge in [-0.1, -0.05) is 0 Å². The van der Waals surface area contributed by atoms with Crippen LogP contribution in [-0.2, 0) is 22.6 Å². The highest BCUT2D eigenvalue weighted by Crippen LogP contribution is 2.02. The van der Waals surface area contributed by atoms with E-state index in [1.54, 1.807) is 36.9 Å². The molecule has 0 fully saturated rings. The number of aromatic nitrogens is 3. The number of carbonyl (C=O) groups is 2. The standard InChI is InChI=1S/C14H16N4O3/c1-10-7-16-18(8-10)9-13(19)17-12(14(20)21)6-11-2-4-15-5-3-11/h2-5,7-8,12H,6,9H2,1H3,(H,17,19)(H,20,21). The van der Waals surface area contributed by atoms with Gasteiger partial charge in [0.05, 0.1) is 6.20 Å². The summed E-state index contributed by atoms with van der Waals surface area (Å²) < 4.78 is 1.47. The van der Waals surface area contributed by atoms with Gasteiger partial charge in [-0.2, -0.15) is 5.10 Å². The van der Waals surface area contributed by atoms with Crippen molar-refractivity contribution in [2.75, 3.05) is 0 Å². The summed E-state index contributed by atoms with van der Waals surface area (Å²) >= 11 is 0. The number of aryl methyl sites for hydroxylation is 1. The van der Waals surface area contributed by atoms with E-state index in [1.165, 1.54) is 4.68 Å². The molecule has 0 saturated carbocycles. The highest BCUT2D eigenvalue weighted by molar-refractivity contribution is 5.83. The molecule has 0 bridgehead atoms. The zero-order valence-electron chi connectivity index (χ0n) is 11.6. The van der Waals surface area contributed by atoms with E-state index in [0.717, 1.165) is 11.1 Å². The van der Waals surface area contributed by atoms with Crippen LogP contribution in [0.5, 0.6) is 0 Å². The molecule has 110 valence electrons. The largest absolute Gasteiger partial charge is 0.480 e. The summed E-state index contributed by atoms with van der Waals surface area (Å²) in [6, 6.07) is 2.47. The molecular formula is C14H16N4O3. The van der Waals surface area contributed by atoms with Crippen molar-refractivity contribution in [3.05, 3.63) is 48.0 Å². The van der Waals surface area contributed by atoms with Crippen LogP contribution in [0.4, 0.5) is 0 Å². The van der Waals surface area contributed by atoms with Gasteiger partial charge in [0.2, 0.25) is 5.91 Å². The number of nitrogens with one attached hydrogen (secondary N) is 1. The van der Waals surface area contributed by atoms with E-state index in [9.17, 15) is 14.7 Å². The molecule has 0 saturated heterocycles. The molecule has 0 radical (unpaired) electrons. The quantitative estimate of drug-likeness (QED) is 0.802. The third-order valence-corrected chi connectivity index (χ3v) is 2.89. The van der Waals surface area contributed by atoms with Gasteiger partial charge in [-0.05, 0) is 30.2 Å². The second-order valence-corrected chi connectivity index (χ2v) is 4.73. The van der Waals surface area contributed by atoms with Gasteiger partial charge in [0, 0.05) is 25.0 Å². The van der Waals surface area contributed by atoms with Crippen LogP contribution in [0.1, 0.15) is 11.1 Å². The second kappa shape index (κ2) is 6.65. The van der Waals surface area contributed by atoms with Crippen molar-refractivity contribution >= 4 is 11.9 Å². The lowest BCUT2D eigenvalue weighted by molar-refractivity contribution is -0.141. The van der Waals surface area contributed by atoms with Crippen LogP contribution < -0.4 is 5.32 Å². The van der Waals surface area contributed by atoms with Crippen molar-refractivity contribution in [3.63, 3.8) is 0 Å². The molecule has 0 aromatic carbocycles. The number of pyridine rings is 1. The zero-order chi connectivity index (χ0) is 15.2. The Balaban J connectivity index is 1.96. The topological polar surface area (TPSA) is 97.1 Å². The van der Waals surface area contributed by atoms with E-state index in [1.807, 2.05) is 6.92 Å². The van der Waals surface area contributed by atoms with Gasteiger partial charge >= 0.3 is 5.97 Å². The van der Waals surface area contributed by atoms with Crippen molar-refractivity contribution in [1.82, 2.24) is 20.1 Å². The molecule has 21 heavy (non-hydrogen) atoms. The van der Waals surface area contributed by atoms with Gasteiger partial charge in [-0.15, -0.1) is 0 Å². The number of amides is 1. The smallest absolute Gasteiger partial charge is 0.326 e. The van der Waals surface area contributed by atoms with Crippen molar-refractivity contribution in [2.45, 2.75) is 25.9 Å². The Morgan fingerprint density at radius 2 is 2.10 bits per heavy atom. The lowest BCUT2D eigenvalue weighted by Gasteiger charge is -2.14. The van der Waals surface area contributed by atoms with Gasteiger partial charge in [0.15, 0.2) is 0 Å². The average molecular weight is 288 g/mol. The molecule has 0 aliphatic carbocycles. The van der Waals surface area contributed by atoms with Crippen LogP contribution in [0, 0.1) is 6.92 Å². The molecular weight excluding hydrogens is 272 g/mol. The van der Waals surface area contributed by atoms with Crippen LogP contribution in [0.15, 0.2) is 36.9 Å². The zero-order valence-corrected chi connectivity index (χ0v) is 11.6. The molecule has 2 N–H and O–H groups in total. The first-order chi connectivity index (χ1) is 10.0. The molecule has 2 heterocycles. The molecule has 1 amide bonds. The number of aliphatic carboxylic acids is 1. The summed E-state index contributed by atoms with van der Waals surface area (Å²) in [5.74, 6) is -1.46. The molecule has 1 atom stereocenters. The molecule has 0 spiro atoms. The van der Waals surface area contributed by atoms with Crippen LogP contribution in [0.25, 0.3) is 0 Å². The number of carbonyl (C=O) groups excluding carboxylic acids is 1. The number of nitrogens with zero attached hydrogens (tertiary/aromatic N) is 3. The highest BCUT2D eigenvalue weighted by atomic mass is 16.4. The van der Waals surface area contributed by atoms with Crippen molar-refractivity contribution in [3.8, 4) is 0 Å². The minimum atomic E-state index is -1.07. The van der Waals surface area contributed by atoms with Gasteiger partial charge in [0.25, 0.3) is 0 Å². The number of hydrogen-bond acceptors (Lipinski definition) is 4. The normalized spacial score (nSPS) is 11.9. The van der Waals surface area contributed by atoms with Crippen molar-refractivity contribution < 1.29 is 14.7 Å². The predicted molar refractivity (Wildman–Crippen MR) is 74.5 cm³/mol. The van der Waals surface area contributed by atoms with Gasteiger partial charge in [0.1, 0.15) is 12.6 Å². The van der Waals surface area contributed by atoms with Gasteiger partial charge in [-0.3, -0.25) is 14.5 Å². The molecule has 2 rings (SSSR count). The molecule has 0 aliphatic rings. The molecule has 7 nitrogen and oxygen atoms in total. The number of carboxylic acids is 1. The molecule has 2 aromatic rings. The van der Waals surface area contributed by atoms with Gasteiger partial charge < -0.3 is 10.4 Å². The van der Waals surface area contributed by atoms with Crippen LogP contribution in [0.3, 0.4) is 0 Å². The fourth-order valence-corrected chi connectivity index (χ4v) is 1.90. The lowest BCUT2D eigenvalue weighted by Crippen LogP contribution is -2.43. The molecule has 0 aliphatic heterocycles. The summed E-state index contributed by atoms with van der Waals surface area (Å²) in [5, 5.41) is 15.7. The monoisotopic (exact) mass is 288 g/mol. The van der Waals surface area contributed by atoms with Gasteiger partial charge in [-0.25, -0.2) is 4.79 Å². The van der Waals surface area contributed by atoms with Crippen LogP contribution >= 0.6 is 0 Å². The second-order valence-electron chi connectivity index (χ2n) is 4.73. The fourth-order valence-electron chi connectivity index (χ4n) is 1.90. The van der Waals surface area contributed by atoms with E-state index in [4.69, 9.17) is 0 Å². The minimum Gasteiger partial charge on any atom is -0.480 e. The lowest BCUT2D eigenvalue weighted by atomic mass is 10.1. The Bertz CT molecular complexity index is 624. The Hall–Kier alpha value is -2.70. The number of carboxylic acid groups (broad SMARTS) is 1. The molecule has 2 aromatic heterocycles. The maximum atomic E-state index is 11.9. The van der Waals surface area contributed by atoms with E-state index in [2.05, 4.69) is 15.4 Å². The Morgan fingerprint density at radius 3 is 2.67 bits per heavy atom. The first kappa shape index (κ1) is 14.7. The Labute approximate surface area is 121 Å². The predicted octanol–water partition coefficient (Wildman–Crippen LogP) is 0.399. The third-order valence-electron chi connectivity index (χ3n) is 2.89. The van der Waals surface area contributed by atoms with E-state index in [-0.39, 0.29) is 18.9 Å². The average Bonchev–Trinajstić information content (AvgIpc) is 2.84. The van der Waals surface area contributed by atoms with Crippen LogP contribution in [0.2, 0.25) is 0 Å². The highest BCUT2D eigenvalue weighted by Gasteiger charge is 2.20. The van der Waals surface area contributed by atoms with E-state index in [0.29, 0.717) is 0 Å². The first-order valence-corrected chi connectivity index (χ1v) is 6.44. The summed E-state index contributed by atoms with van der Waals surface area (Å²) in [6.07, 6.45) is 6.74. The fraction of sp³-hybridized carbons (Fsp3) is 0.286. The Morgan fingerprint density at radius 1 is 1.38 bits per heavy atom. The van der Waals surface area contributed by atoms with Crippen molar-refractivity contribution in [2.24, 2.45) is 0 Å².